The second-order valence-electron chi connectivity index (χ2n) is 3.93. The van der Waals surface area contributed by atoms with Crippen LogP contribution in [0, 0.1) is 0 Å². The molecule has 0 aliphatic heterocycles. The third-order valence-electron chi connectivity index (χ3n) is 2.14. The van der Waals surface area contributed by atoms with Crippen LogP contribution in [0.2, 0.25) is 0 Å². The van der Waals surface area contributed by atoms with E-state index in [0.717, 1.165) is 38.9 Å². The first kappa shape index (κ1) is 14.3. The Balaban J connectivity index is 2.99. The Hall–Kier alpha value is -0.700. The monoisotopic (exact) mass is 214 g/mol. The summed E-state index contributed by atoms with van der Waals surface area (Å²) >= 11 is 0. The topological polar surface area (TPSA) is 43.4 Å². The Labute approximate surface area is 92.2 Å². The van der Waals surface area contributed by atoms with E-state index in [1.165, 1.54) is 0 Å². The summed E-state index contributed by atoms with van der Waals surface area (Å²) in [6.45, 7) is 4.69. The fourth-order valence-electron chi connectivity index (χ4n) is 1.26. The third-order valence-corrected chi connectivity index (χ3v) is 2.14. The van der Waals surface area contributed by atoms with Crippen molar-refractivity contribution in [1.82, 2.24) is 0 Å². The van der Waals surface area contributed by atoms with Gasteiger partial charge in [-0.3, -0.25) is 0 Å². The van der Waals surface area contributed by atoms with Gasteiger partial charge in [-0.05, 0) is 39.5 Å². The van der Waals surface area contributed by atoms with Crippen molar-refractivity contribution < 1.29 is 14.3 Å². The van der Waals surface area contributed by atoms with Crippen LogP contribution >= 0.6 is 0 Å². The summed E-state index contributed by atoms with van der Waals surface area (Å²) in [7, 11) is 0. The van der Waals surface area contributed by atoms with Crippen molar-refractivity contribution >= 4 is 11.6 Å². The summed E-state index contributed by atoms with van der Waals surface area (Å²) in [6, 6.07) is 0. The van der Waals surface area contributed by atoms with Crippen LogP contribution in [0.15, 0.2) is 0 Å². The molecule has 0 N–H and O–H groups in total. The van der Waals surface area contributed by atoms with Crippen LogP contribution in [-0.4, -0.2) is 24.8 Å². The number of rotatable bonds is 10. The van der Waals surface area contributed by atoms with Crippen molar-refractivity contribution in [1.29, 1.82) is 0 Å². The van der Waals surface area contributed by atoms with Crippen LogP contribution in [0.3, 0.4) is 0 Å². The first-order valence-corrected chi connectivity index (χ1v) is 5.69. The van der Waals surface area contributed by atoms with Crippen molar-refractivity contribution in [3.63, 3.8) is 0 Å². The number of ether oxygens (including phenoxy) is 1. The van der Waals surface area contributed by atoms with Gasteiger partial charge in [0.25, 0.3) is 0 Å². The maximum absolute atomic E-state index is 10.6. The number of hydrogen-bond donors (Lipinski definition) is 0. The Bertz CT molecular complexity index is 167. The van der Waals surface area contributed by atoms with Crippen LogP contribution in [-0.2, 0) is 14.3 Å². The number of unbranched alkanes of at least 4 members (excludes halogenated alkanes) is 2. The van der Waals surface area contributed by atoms with Gasteiger partial charge in [0.2, 0.25) is 0 Å². The number of carbonyl (C=O) groups is 2. The zero-order chi connectivity index (χ0) is 11.5. The molecule has 15 heavy (non-hydrogen) atoms. The molecule has 0 heterocycles. The molecular formula is C12H22O3. The molecule has 0 aliphatic carbocycles. The van der Waals surface area contributed by atoms with Gasteiger partial charge in [-0.1, -0.05) is 0 Å². The fraction of sp³-hybridized carbons (Fsp3) is 0.833. The quantitative estimate of drug-likeness (QED) is 0.525. The molecule has 0 aromatic heterocycles. The number of Topliss-reactive ketones (excluding diaryl/α,β-unsaturated/α-hetero) is 2. The molecule has 88 valence electrons. The highest BCUT2D eigenvalue weighted by molar-refractivity contribution is 5.75. The molecular weight excluding hydrogens is 192 g/mol. The van der Waals surface area contributed by atoms with Crippen molar-refractivity contribution in [3.05, 3.63) is 0 Å². The largest absolute Gasteiger partial charge is 0.381 e. The minimum Gasteiger partial charge on any atom is -0.381 e. The zero-order valence-electron chi connectivity index (χ0n) is 9.88. The molecule has 0 spiro atoms. The van der Waals surface area contributed by atoms with Gasteiger partial charge >= 0.3 is 0 Å². The lowest BCUT2D eigenvalue weighted by Crippen LogP contribution is -1.99. The number of ketones is 2. The first-order valence-electron chi connectivity index (χ1n) is 5.69. The highest BCUT2D eigenvalue weighted by Gasteiger charge is 1.95. The molecule has 0 bridgehead atoms. The van der Waals surface area contributed by atoms with E-state index in [-0.39, 0.29) is 11.6 Å². The minimum absolute atomic E-state index is 0.247. The van der Waals surface area contributed by atoms with Gasteiger partial charge in [-0.15, -0.1) is 0 Å². The summed E-state index contributed by atoms with van der Waals surface area (Å²) in [4.78, 5) is 21.2. The molecule has 0 saturated carbocycles. The van der Waals surface area contributed by atoms with Gasteiger partial charge in [0.05, 0.1) is 0 Å². The second-order valence-corrected chi connectivity index (χ2v) is 3.93. The Morgan fingerprint density at radius 2 is 1.20 bits per heavy atom. The van der Waals surface area contributed by atoms with Crippen molar-refractivity contribution in [2.45, 2.75) is 52.4 Å². The fourth-order valence-corrected chi connectivity index (χ4v) is 1.26. The number of carbonyl (C=O) groups excluding carboxylic acids is 2. The van der Waals surface area contributed by atoms with Crippen LogP contribution in [0.25, 0.3) is 0 Å². The minimum atomic E-state index is 0.247. The smallest absolute Gasteiger partial charge is 0.129 e. The normalized spacial score (nSPS) is 10.3. The molecule has 3 heteroatoms. The lowest BCUT2D eigenvalue weighted by Gasteiger charge is -2.02. The standard InChI is InChI=1S/C12H22O3/c1-11(13)7-3-5-9-15-10-6-4-8-12(2)14/h3-10H2,1-2H3. The van der Waals surface area contributed by atoms with E-state index in [1.807, 2.05) is 0 Å². The van der Waals surface area contributed by atoms with Crippen LogP contribution < -0.4 is 0 Å². The molecule has 0 atom stereocenters. The summed E-state index contributed by atoms with van der Waals surface area (Å²) in [5.41, 5.74) is 0. The van der Waals surface area contributed by atoms with E-state index in [4.69, 9.17) is 4.74 Å². The van der Waals surface area contributed by atoms with E-state index in [1.54, 1.807) is 13.8 Å². The molecule has 0 fully saturated rings. The molecule has 0 aromatic carbocycles. The second kappa shape index (κ2) is 9.84. The average molecular weight is 214 g/mol. The van der Waals surface area contributed by atoms with Gasteiger partial charge < -0.3 is 14.3 Å². The van der Waals surface area contributed by atoms with Crippen LogP contribution in [0.1, 0.15) is 52.4 Å². The molecule has 3 nitrogen and oxygen atoms in total. The molecule has 0 aromatic rings. The predicted octanol–water partition coefficient (Wildman–Crippen LogP) is 2.52. The van der Waals surface area contributed by atoms with Gasteiger partial charge in [0.1, 0.15) is 11.6 Å². The molecule has 0 rings (SSSR count). The highest BCUT2D eigenvalue weighted by atomic mass is 16.5. The Morgan fingerprint density at radius 3 is 1.53 bits per heavy atom. The zero-order valence-corrected chi connectivity index (χ0v) is 9.88. The van der Waals surface area contributed by atoms with Crippen molar-refractivity contribution in [2.24, 2.45) is 0 Å². The Morgan fingerprint density at radius 1 is 0.800 bits per heavy atom. The van der Waals surface area contributed by atoms with Crippen LogP contribution in [0.5, 0.6) is 0 Å². The summed E-state index contributed by atoms with van der Waals surface area (Å²) < 4.78 is 5.37. The van der Waals surface area contributed by atoms with Gasteiger partial charge in [0, 0.05) is 26.1 Å². The molecule has 0 saturated heterocycles. The average Bonchev–Trinajstić information content (AvgIpc) is 2.14. The molecule has 0 unspecified atom stereocenters. The van der Waals surface area contributed by atoms with E-state index < -0.39 is 0 Å². The van der Waals surface area contributed by atoms with Crippen LogP contribution in [0.4, 0.5) is 0 Å². The van der Waals surface area contributed by atoms with E-state index >= 15 is 0 Å². The van der Waals surface area contributed by atoms with Gasteiger partial charge in [-0.25, -0.2) is 0 Å². The molecule has 0 aliphatic rings. The highest BCUT2D eigenvalue weighted by Crippen LogP contribution is 1.99. The first-order chi connectivity index (χ1) is 7.13. The molecule has 0 amide bonds. The SMILES string of the molecule is CC(=O)CCCCOCCCCC(C)=O. The van der Waals surface area contributed by atoms with E-state index in [9.17, 15) is 9.59 Å². The summed E-state index contributed by atoms with van der Waals surface area (Å²) in [5.74, 6) is 0.493. The Kier molecular flexibility index (Phi) is 9.38. The lowest BCUT2D eigenvalue weighted by atomic mass is 10.2. The van der Waals surface area contributed by atoms with E-state index in [0.29, 0.717) is 12.8 Å². The third kappa shape index (κ3) is 13.3. The molecule has 0 radical (unpaired) electrons. The maximum atomic E-state index is 10.6. The van der Waals surface area contributed by atoms with Crippen molar-refractivity contribution in [2.75, 3.05) is 13.2 Å². The summed E-state index contributed by atoms with van der Waals surface area (Å²) in [6.07, 6.45) is 5.06. The maximum Gasteiger partial charge on any atom is 0.129 e. The lowest BCUT2D eigenvalue weighted by molar-refractivity contribution is -0.117. The van der Waals surface area contributed by atoms with Crippen molar-refractivity contribution in [3.8, 4) is 0 Å². The van der Waals surface area contributed by atoms with Gasteiger partial charge in [-0.2, -0.15) is 0 Å². The predicted molar refractivity (Wildman–Crippen MR) is 59.9 cm³/mol. The van der Waals surface area contributed by atoms with E-state index in [2.05, 4.69) is 0 Å². The summed E-state index contributed by atoms with van der Waals surface area (Å²) in [5, 5.41) is 0. The van der Waals surface area contributed by atoms with Gasteiger partial charge in [0.15, 0.2) is 0 Å². The number of hydrogen-bond acceptors (Lipinski definition) is 3.